The van der Waals surface area contributed by atoms with Gasteiger partial charge in [0.1, 0.15) is 11.5 Å². The molecule has 1 saturated heterocycles. The Morgan fingerprint density at radius 3 is 2.13 bits per heavy atom. The number of fused-ring (bicyclic) bond motifs is 1. The average molecular weight is 316 g/mol. The minimum absolute atomic E-state index is 0.136. The molecule has 1 heterocycles. The van der Waals surface area contributed by atoms with E-state index in [-0.39, 0.29) is 11.8 Å². The lowest BCUT2D eigenvalue weighted by molar-refractivity contribution is 0.240. The molecule has 0 amide bonds. The van der Waals surface area contributed by atoms with Gasteiger partial charge in [-0.05, 0) is 37.0 Å². The number of hydrogen-bond acceptors (Lipinski definition) is 4. The molecule has 3 rings (SSSR count). The number of hydrazone groups is 1. The fourth-order valence-corrected chi connectivity index (χ4v) is 3.97. The van der Waals surface area contributed by atoms with Crippen LogP contribution in [0.25, 0.3) is 0 Å². The quantitative estimate of drug-likeness (QED) is 0.647. The number of aromatic hydroxyl groups is 2. The normalized spacial score (nSPS) is 24.1. The Labute approximate surface area is 138 Å². The van der Waals surface area contributed by atoms with Gasteiger partial charge in [-0.25, -0.2) is 0 Å². The first-order chi connectivity index (χ1) is 10.9. The third kappa shape index (κ3) is 2.58. The van der Waals surface area contributed by atoms with Crippen LogP contribution in [0.3, 0.4) is 0 Å². The molecule has 2 atom stereocenters. The SMILES string of the molecule is CC(C)c1c(O)c2c(c(O)c1/C=N/N1CCCCC1)[C@@H](C)C2C. The van der Waals surface area contributed by atoms with Crippen molar-refractivity contribution < 1.29 is 10.2 Å². The second-order valence-electron chi connectivity index (χ2n) is 7.34. The van der Waals surface area contributed by atoms with Crippen molar-refractivity contribution in [3.05, 3.63) is 22.3 Å². The Morgan fingerprint density at radius 2 is 1.57 bits per heavy atom. The standard InChI is InChI=1S/C19H28N2O2/c1-11(2)15-14(10-20-21-8-6-5-7-9-21)18(22)16-12(3)13(4)17(16)19(15)23/h10-13,22-23H,5-9H2,1-4H3/b20-10+/t12-,13?/m0/s1. The maximum atomic E-state index is 10.8. The van der Waals surface area contributed by atoms with Crippen molar-refractivity contribution in [2.75, 3.05) is 13.1 Å². The zero-order chi connectivity index (χ0) is 16.7. The molecule has 0 spiro atoms. The van der Waals surface area contributed by atoms with Gasteiger partial charge in [0, 0.05) is 35.3 Å². The van der Waals surface area contributed by atoms with Crippen LogP contribution in [0.1, 0.15) is 87.0 Å². The van der Waals surface area contributed by atoms with Crippen molar-refractivity contribution >= 4 is 6.21 Å². The van der Waals surface area contributed by atoms with Gasteiger partial charge in [-0.3, -0.25) is 5.01 Å². The van der Waals surface area contributed by atoms with Gasteiger partial charge in [0.25, 0.3) is 0 Å². The molecular weight excluding hydrogens is 288 g/mol. The second kappa shape index (κ2) is 6.06. The fraction of sp³-hybridized carbons (Fsp3) is 0.632. The van der Waals surface area contributed by atoms with Gasteiger partial charge in [0.05, 0.1) is 6.21 Å². The number of phenolic OH excluding ortho intramolecular Hbond substituents is 2. The predicted molar refractivity (Wildman–Crippen MR) is 93.7 cm³/mol. The van der Waals surface area contributed by atoms with Crippen LogP contribution in [-0.2, 0) is 0 Å². The summed E-state index contributed by atoms with van der Waals surface area (Å²) in [6, 6.07) is 0. The first-order valence-electron chi connectivity index (χ1n) is 8.84. The van der Waals surface area contributed by atoms with Gasteiger partial charge in [-0.1, -0.05) is 27.7 Å². The Morgan fingerprint density at radius 1 is 1.00 bits per heavy atom. The molecule has 4 nitrogen and oxygen atoms in total. The summed E-state index contributed by atoms with van der Waals surface area (Å²) >= 11 is 0. The number of phenols is 2. The maximum Gasteiger partial charge on any atom is 0.128 e. The zero-order valence-corrected chi connectivity index (χ0v) is 14.6. The molecule has 2 aliphatic rings. The Bertz CT molecular complexity index is 631. The van der Waals surface area contributed by atoms with Crippen LogP contribution in [0, 0.1) is 0 Å². The highest BCUT2D eigenvalue weighted by Gasteiger charge is 2.39. The van der Waals surface area contributed by atoms with Gasteiger partial charge in [0.15, 0.2) is 0 Å². The van der Waals surface area contributed by atoms with E-state index >= 15 is 0 Å². The average Bonchev–Trinajstić information content (AvgIpc) is 2.54. The van der Waals surface area contributed by atoms with E-state index in [1.54, 1.807) is 6.21 Å². The topological polar surface area (TPSA) is 56.1 Å². The van der Waals surface area contributed by atoms with Crippen LogP contribution in [0.5, 0.6) is 11.5 Å². The van der Waals surface area contributed by atoms with Crippen molar-refractivity contribution in [2.45, 2.75) is 64.7 Å². The van der Waals surface area contributed by atoms with Crippen molar-refractivity contribution in [3.8, 4) is 11.5 Å². The Balaban J connectivity index is 2.04. The molecule has 23 heavy (non-hydrogen) atoms. The molecule has 126 valence electrons. The largest absolute Gasteiger partial charge is 0.507 e. The third-order valence-electron chi connectivity index (χ3n) is 5.52. The molecule has 4 heteroatoms. The number of nitrogens with zero attached hydrogens (tertiary/aromatic N) is 2. The Kier molecular flexibility index (Phi) is 4.26. The van der Waals surface area contributed by atoms with Crippen LogP contribution in [0.15, 0.2) is 5.10 Å². The minimum Gasteiger partial charge on any atom is -0.507 e. The smallest absolute Gasteiger partial charge is 0.128 e. The first-order valence-corrected chi connectivity index (χ1v) is 8.84. The molecule has 1 fully saturated rings. The van der Waals surface area contributed by atoms with E-state index in [0.29, 0.717) is 23.0 Å². The molecule has 0 bridgehead atoms. The first kappa shape index (κ1) is 16.2. The predicted octanol–water partition coefficient (Wildman–Crippen LogP) is 4.26. The molecule has 1 aromatic rings. The second-order valence-corrected chi connectivity index (χ2v) is 7.34. The number of hydrogen-bond donors (Lipinski definition) is 2. The highest BCUT2D eigenvalue weighted by Crippen LogP contribution is 2.57. The number of piperidine rings is 1. The number of benzene rings is 1. The lowest BCUT2D eigenvalue weighted by Gasteiger charge is -2.38. The van der Waals surface area contributed by atoms with E-state index in [1.165, 1.54) is 19.3 Å². The summed E-state index contributed by atoms with van der Waals surface area (Å²) in [6.07, 6.45) is 5.37. The number of rotatable bonds is 3. The van der Waals surface area contributed by atoms with E-state index in [0.717, 1.165) is 29.8 Å². The molecule has 2 N–H and O–H groups in total. The van der Waals surface area contributed by atoms with E-state index in [1.807, 2.05) is 13.8 Å². The third-order valence-corrected chi connectivity index (χ3v) is 5.52. The molecule has 1 aliphatic carbocycles. The summed E-state index contributed by atoms with van der Waals surface area (Å²) in [6.45, 7) is 10.2. The summed E-state index contributed by atoms with van der Waals surface area (Å²) in [7, 11) is 0. The minimum atomic E-state index is 0.136. The van der Waals surface area contributed by atoms with Crippen molar-refractivity contribution in [2.24, 2.45) is 5.10 Å². The summed E-state index contributed by atoms with van der Waals surface area (Å²) in [5, 5.41) is 28.2. The van der Waals surface area contributed by atoms with E-state index in [4.69, 9.17) is 0 Å². The lowest BCUT2D eigenvalue weighted by Crippen LogP contribution is -2.25. The summed E-state index contributed by atoms with van der Waals surface area (Å²) in [5.74, 6) is 1.38. The van der Waals surface area contributed by atoms with Gasteiger partial charge >= 0.3 is 0 Å². The highest BCUT2D eigenvalue weighted by molar-refractivity contribution is 5.89. The van der Waals surface area contributed by atoms with E-state index in [9.17, 15) is 10.2 Å². The zero-order valence-electron chi connectivity index (χ0n) is 14.6. The highest BCUT2D eigenvalue weighted by atomic mass is 16.3. The van der Waals surface area contributed by atoms with Crippen LogP contribution >= 0.6 is 0 Å². The molecule has 0 aromatic heterocycles. The van der Waals surface area contributed by atoms with Gasteiger partial charge in [-0.2, -0.15) is 5.10 Å². The van der Waals surface area contributed by atoms with E-state index in [2.05, 4.69) is 24.0 Å². The van der Waals surface area contributed by atoms with Crippen molar-refractivity contribution in [1.82, 2.24) is 5.01 Å². The van der Waals surface area contributed by atoms with Gasteiger partial charge < -0.3 is 10.2 Å². The molecule has 1 unspecified atom stereocenters. The van der Waals surface area contributed by atoms with Crippen LogP contribution < -0.4 is 0 Å². The molecule has 1 aromatic carbocycles. The van der Waals surface area contributed by atoms with Crippen LogP contribution in [-0.4, -0.2) is 34.5 Å². The maximum absolute atomic E-state index is 10.8. The lowest BCUT2D eigenvalue weighted by atomic mass is 9.67. The summed E-state index contributed by atoms with van der Waals surface area (Å²) in [4.78, 5) is 0. The molecule has 0 saturated carbocycles. The van der Waals surface area contributed by atoms with Crippen LogP contribution in [0.4, 0.5) is 0 Å². The van der Waals surface area contributed by atoms with E-state index < -0.39 is 0 Å². The molecule has 0 radical (unpaired) electrons. The summed E-state index contributed by atoms with van der Waals surface area (Å²) in [5.41, 5.74) is 3.34. The monoisotopic (exact) mass is 316 g/mol. The van der Waals surface area contributed by atoms with Crippen LogP contribution in [0.2, 0.25) is 0 Å². The Hall–Kier alpha value is -1.71. The van der Waals surface area contributed by atoms with Crippen molar-refractivity contribution in [3.63, 3.8) is 0 Å². The summed E-state index contributed by atoms with van der Waals surface area (Å²) < 4.78 is 0. The van der Waals surface area contributed by atoms with Crippen molar-refractivity contribution in [1.29, 1.82) is 0 Å². The fourth-order valence-electron chi connectivity index (χ4n) is 3.97. The molecule has 1 aliphatic heterocycles. The van der Waals surface area contributed by atoms with Gasteiger partial charge in [-0.15, -0.1) is 0 Å². The molecular formula is C19H28N2O2. The van der Waals surface area contributed by atoms with Gasteiger partial charge in [0.2, 0.25) is 0 Å².